The van der Waals surface area contributed by atoms with Gasteiger partial charge in [0.1, 0.15) is 0 Å². The van der Waals surface area contributed by atoms with E-state index in [1.165, 1.54) is 22.2 Å². The molecular weight excluding hydrogens is 473 g/mol. The predicted octanol–water partition coefficient (Wildman–Crippen LogP) is 4.09. The SMILES string of the molecule is CN=C(NCc1cccc(N2CC=CC2)c1)NCc1ccnc2ccccc12.I. The Hall–Kier alpha value is -2.61. The highest BCUT2D eigenvalue weighted by atomic mass is 127. The van der Waals surface area contributed by atoms with Crippen molar-refractivity contribution in [1.29, 1.82) is 0 Å². The van der Waals surface area contributed by atoms with Crippen molar-refractivity contribution < 1.29 is 0 Å². The van der Waals surface area contributed by atoms with Crippen LogP contribution in [0.25, 0.3) is 10.9 Å². The number of aromatic nitrogens is 1. The van der Waals surface area contributed by atoms with Gasteiger partial charge < -0.3 is 15.5 Å². The topological polar surface area (TPSA) is 52.6 Å². The average Bonchev–Trinajstić information content (AvgIpc) is 3.29. The van der Waals surface area contributed by atoms with Gasteiger partial charge in [0.2, 0.25) is 0 Å². The Labute approximate surface area is 189 Å². The van der Waals surface area contributed by atoms with E-state index in [0.29, 0.717) is 6.54 Å². The van der Waals surface area contributed by atoms with Crippen LogP contribution >= 0.6 is 24.0 Å². The Morgan fingerprint density at radius 2 is 1.79 bits per heavy atom. The van der Waals surface area contributed by atoms with Crippen molar-refractivity contribution in [3.8, 4) is 0 Å². The third-order valence-electron chi connectivity index (χ3n) is 4.96. The Morgan fingerprint density at radius 1 is 1.00 bits per heavy atom. The van der Waals surface area contributed by atoms with E-state index >= 15 is 0 Å². The van der Waals surface area contributed by atoms with Gasteiger partial charge in [0.05, 0.1) is 5.52 Å². The Balaban J connectivity index is 0.00000240. The number of fused-ring (bicyclic) bond motifs is 1. The molecule has 1 aliphatic rings. The zero-order valence-electron chi connectivity index (χ0n) is 16.5. The van der Waals surface area contributed by atoms with Crippen molar-refractivity contribution in [3.63, 3.8) is 0 Å². The molecular formula is C23H26IN5. The number of hydrogen-bond donors (Lipinski definition) is 2. The lowest BCUT2D eigenvalue weighted by Crippen LogP contribution is -2.36. The van der Waals surface area contributed by atoms with Crippen LogP contribution in [0.1, 0.15) is 11.1 Å². The molecule has 0 spiro atoms. The molecule has 3 aromatic rings. The first-order valence-electron chi connectivity index (χ1n) is 9.59. The lowest BCUT2D eigenvalue weighted by molar-refractivity contribution is 0.811. The summed E-state index contributed by atoms with van der Waals surface area (Å²) in [5, 5.41) is 7.99. The first-order valence-corrected chi connectivity index (χ1v) is 9.59. The quantitative estimate of drug-likeness (QED) is 0.240. The molecule has 2 aromatic carbocycles. The molecule has 0 fully saturated rings. The summed E-state index contributed by atoms with van der Waals surface area (Å²) < 4.78 is 0. The summed E-state index contributed by atoms with van der Waals surface area (Å²) in [6, 6.07) is 18.9. The molecule has 4 rings (SSSR count). The third-order valence-corrected chi connectivity index (χ3v) is 4.96. The molecule has 0 radical (unpaired) electrons. The van der Waals surface area contributed by atoms with E-state index in [4.69, 9.17) is 0 Å². The van der Waals surface area contributed by atoms with Crippen molar-refractivity contribution in [3.05, 3.63) is 84.1 Å². The lowest BCUT2D eigenvalue weighted by Gasteiger charge is -2.19. The monoisotopic (exact) mass is 499 g/mol. The predicted molar refractivity (Wildman–Crippen MR) is 132 cm³/mol. The summed E-state index contributed by atoms with van der Waals surface area (Å²) in [5.41, 5.74) is 4.72. The largest absolute Gasteiger partial charge is 0.364 e. The molecule has 5 nitrogen and oxygen atoms in total. The van der Waals surface area contributed by atoms with Gasteiger partial charge in [-0.1, -0.05) is 42.5 Å². The maximum Gasteiger partial charge on any atom is 0.191 e. The molecule has 1 aliphatic heterocycles. The van der Waals surface area contributed by atoms with E-state index < -0.39 is 0 Å². The second-order valence-electron chi connectivity index (χ2n) is 6.81. The van der Waals surface area contributed by atoms with Crippen LogP contribution < -0.4 is 15.5 Å². The number of halogens is 1. The van der Waals surface area contributed by atoms with Gasteiger partial charge in [-0.05, 0) is 35.4 Å². The summed E-state index contributed by atoms with van der Waals surface area (Å²) in [6.45, 7) is 3.40. The van der Waals surface area contributed by atoms with Gasteiger partial charge >= 0.3 is 0 Å². The van der Waals surface area contributed by atoms with Gasteiger partial charge in [-0.25, -0.2) is 0 Å². The van der Waals surface area contributed by atoms with E-state index in [1.807, 2.05) is 24.4 Å². The summed E-state index contributed by atoms with van der Waals surface area (Å²) in [7, 11) is 1.80. The van der Waals surface area contributed by atoms with E-state index in [-0.39, 0.29) is 24.0 Å². The van der Waals surface area contributed by atoms with E-state index in [2.05, 4.69) is 74.1 Å². The fraction of sp³-hybridized carbons (Fsp3) is 0.217. The number of pyridine rings is 1. The van der Waals surface area contributed by atoms with E-state index in [0.717, 1.165) is 31.1 Å². The molecule has 1 aromatic heterocycles. The number of benzene rings is 2. The standard InChI is InChI=1S/C23H25N5.HI/c1-24-23(27-17-19-11-12-25-22-10-3-2-9-21(19)22)26-16-18-7-6-8-20(15-18)28-13-4-5-14-28;/h2-12,15H,13-14,16-17H2,1H3,(H2,24,26,27);1H. The fourth-order valence-electron chi connectivity index (χ4n) is 3.45. The molecule has 0 amide bonds. The summed E-state index contributed by atoms with van der Waals surface area (Å²) in [4.78, 5) is 11.1. The average molecular weight is 499 g/mol. The van der Waals surface area contributed by atoms with Crippen LogP contribution in [0.3, 0.4) is 0 Å². The van der Waals surface area contributed by atoms with E-state index in [9.17, 15) is 0 Å². The fourth-order valence-corrected chi connectivity index (χ4v) is 3.45. The normalized spacial score (nSPS) is 13.4. The van der Waals surface area contributed by atoms with Crippen LogP contribution in [0.4, 0.5) is 5.69 Å². The number of anilines is 1. The minimum atomic E-state index is 0. The molecule has 29 heavy (non-hydrogen) atoms. The molecule has 0 saturated carbocycles. The van der Waals surface area contributed by atoms with Crippen LogP contribution in [0.2, 0.25) is 0 Å². The molecule has 0 bridgehead atoms. The highest BCUT2D eigenvalue weighted by Gasteiger charge is 2.08. The van der Waals surface area contributed by atoms with Gasteiger partial charge in [-0.3, -0.25) is 9.98 Å². The zero-order chi connectivity index (χ0) is 19.2. The van der Waals surface area contributed by atoms with Crippen LogP contribution in [-0.2, 0) is 13.1 Å². The molecule has 0 aliphatic carbocycles. The zero-order valence-corrected chi connectivity index (χ0v) is 18.8. The first kappa shape index (κ1) is 21.1. The minimum Gasteiger partial charge on any atom is -0.364 e. The molecule has 150 valence electrons. The Kier molecular flexibility index (Phi) is 7.46. The number of guanidine groups is 1. The van der Waals surface area contributed by atoms with Crippen molar-refractivity contribution in [1.82, 2.24) is 15.6 Å². The molecule has 0 atom stereocenters. The minimum absolute atomic E-state index is 0. The van der Waals surface area contributed by atoms with Crippen LogP contribution in [0, 0.1) is 0 Å². The van der Waals surface area contributed by atoms with E-state index in [1.54, 1.807) is 7.05 Å². The van der Waals surface area contributed by atoms with Crippen LogP contribution in [0.15, 0.2) is 77.9 Å². The lowest BCUT2D eigenvalue weighted by atomic mass is 10.1. The number of rotatable bonds is 5. The summed E-state index contributed by atoms with van der Waals surface area (Å²) >= 11 is 0. The van der Waals surface area contributed by atoms with Crippen molar-refractivity contribution in [2.24, 2.45) is 4.99 Å². The highest BCUT2D eigenvalue weighted by molar-refractivity contribution is 14.0. The molecule has 2 heterocycles. The van der Waals surface area contributed by atoms with Gasteiger partial charge in [0, 0.05) is 50.5 Å². The Morgan fingerprint density at radius 3 is 2.62 bits per heavy atom. The summed E-state index contributed by atoms with van der Waals surface area (Å²) in [5.74, 6) is 0.786. The number of hydrogen-bond acceptors (Lipinski definition) is 3. The molecule has 0 saturated heterocycles. The summed E-state index contributed by atoms with van der Waals surface area (Å²) in [6.07, 6.45) is 6.27. The highest BCUT2D eigenvalue weighted by Crippen LogP contribution is 2.18. The second kappa shape index (κ2) is 10.2. The number of aliphatic imine (C=N–C) groups is 1. The third kappa shape index (κ3) is 5.26. The smallest absolute Gasteiger partial charge is 0.191 e. The number of para-hydroxylation sites is 1. The molecule has 6 heteroatoms. The van der Waals surface area contributed by atoms with Gasteiger partial charge in [0.15, 0.2) is 5.96 Å². The molecule has 0 unspecified atom stereocenters. The van der Waals surface area contributed by atoms with Crippen molar-refractivity contribution in [2.45, 2.75) is 13.1 Å². The van der Waals surface area contributed by atoms with Crippen LogP contribution in [0.5, 0.6) is 0 Å². The van der Waals surface area contributed by atoms with Crippen LogP contribution in [-0.4, -0.2) is 31.1 Å². The number of nitrogens with zero attached hydrogens (tertiary/aromatic N) is 3. The number of nitrogens with one attached hydrogen (secondary N) is 2. The van der Waals surface area contributed by atoms with Gasteiger partial charge in [-0.2, -0.15) is 0 Å². The van der Waals surface area contributed by atoms with Crippen molar-refractivity contribution in [2.75, 3.05) is 25.0 Å². The second-order valence-corrected chi connectivity index (χ2v) is 6.81. The maximum atomic E-state index is 4.42. The molecule has 2 N–H and O–H groups in total. The Bertz CT molecular complexity index is 1000. The van der Waals surface area contributed by atoms with Crippen molar-refractivity contribution >= 4 is 46.5 Å². The maximum absolute atomic E-state index is 4.42. The van der Waals surface area contributed by atoms with Gasteiger partial charge in [-0.15, -0.1) is 24.0 Å². The first-order chi connectivity index (χ1) is 13.8. The van der Waals surface area contributed by atoms with Gasteiger partial charge in [0.25, 0.3) is 0 Å².